The summed E-state index contributed by atoms with van der Waals surface area (Å²) in [6, 6.07) is 10.1. The van der Waals surface area contributed by atoms with Gasteiger partial charge in [-0.2, -0.15) is 0 Å². The number of thioether (sulfide) groups is 1. The van der Waals surface area contributed by atoms with Gasteiger partial charge < -0.3 is 9.73 Å². The number of hydrogen-bond donors (Lipinski definition) is 1. The van der Waals surface area contributed by atoms with Gasteiger partial charge in [0.1, 0.15) is 5.76 Å². The normalized spacial score (nSPS) is 11.1. The minimum atomic E-state index is 0. The van der Waals surface area contributed by atoms with E-state index in [0.29, 0.717) is 6.54 Å². The zero-order valence-electron chi connectivity index (χ0n) is 11.8. The summed E-state index contributed by atoms with van der Waals surface area (Å²) < 4.78 is 5.27. The van der Waals surface area contributed by atoms with Crippen LogP contribution < -0.4 is 5.32 Å². The molecule has 0 fully saturated rings. The van der Waals surface area contributed by atoms with Gasteiger partial charge in [-0.3, -0.25) is 4.99 Å². The van der Waals surface area contributed by atoms with E-state index < -0.39 is 0 Å². The Balaban J connectivity index is 0.00000200. The summed E-state index contributed by atoms with van der Waals surface area (Å²) in [5.41, 5.74) is 3.58. The topological polar surface area (TPSA) is 37.5 Å². The van der Waals surface area contributed by atoms with Crippen molar-refractivity contribution in [1.29, 1.82) is 0 Å². The van der Waals surface area contributed by atoms with Crippen molar-refractivity contribution < 1.29 is 4.42 Å². The molecular formula is C15H19IN2OS. The number of nitrogens with one attached hydrogen (secondary N) is 1. The van der Waals surface area contributed by atoms with Crippen LogP contribution in [0.1, 0.15) is 16.9 Å². The molecule has 2 rings (SSSR count). The fourth-order valence-corrected chi connectivity index (χ4v) is 2.18. The van der Waals surface area contributed by atoms with Gasteiger partial charge >= 0.3 is 0 Å². The molecule has 1 N–H and O–H groups in total. The van der Waals surface area contributed by atoms with Crippen molar-refractivity contribution in [2.75, 3.05) is 11.6 Å². The molecule has 0 aliphatic heterocycles. The van der Waals surface area contributed by atoms with Crippen LogP contribution in [0.3, 0.4) is 0 Å². The third-order valence-electron chi connectivity index (χ3n) is 2.78. The van der Waals surface area contributed by atoms with Crippen molar-refractivity contribution in [2.24, 2.45) is 4.99 Å². The maximum Gasteiger partial charge on any atom is 0.161 e. The van der Waals surface area contributed by atoms with Crippen LogP contribution in [-0.4, -0.2) is 11.4 Å². The number of halogens is 1. The van der Waals surface area contributed by atoms with Gasteiger partial charge in [-0.25, -0.2) is 0 Å². The number of anilines is 1. The van der Waals surface area contributed by atoms with Crippen LogP contribution in [0.25, 0.3) is 0 Å². The van der Waals surface area contributed by atoms with Crippen molar-refractivity contribution in [3.63, 3.8) is 0 Å². The molecular weight excluding hydrogens is 383 g/mol. The Morgan fingerprint density at radius 1 is 1.30 bits per heavy atom. The van der Waals surface area contributed by atoms with Gasteiger partial charge in [-0.1, -0.05) is 29.5 Å². The molecule has 108 valence electrons. The minimum absolute atomic E-state index is 0. The average molecular weight is 402 g/mol. The molecule has 20 heavy (non-hydrogen) atoms. The van der Waals surface area contributed by atoms with Crippen LogP contribution in [0.4, 0.5) is 5.69 Å². The van der Waals surface area contributed by atoms with E-state index >= 15 is 0 Å². The molecule has 1 heterocycles. The molecule has 3 nitrogen and oxygen atoms in total. The molecule has 0 spiro atoms. The molecule has 1 aromatic carbocycles. The second-order valence-corrected chi connectivity index (χ2v) is 5.14. The Hall–Kier alpha value is -0.950. The molecule has 0 unspecified atom stereocenters. The highest BCUT2D eigenvalue weighted by Gasteiger charge is 2.02. The second kappa shape index (κ2) is 8.36. The van der Waals surface area contributed by atoms with E-state index in [2.05, 4.69) is 42.4 Å². The van der Waals surface area contributed by atoms with Gasteiger partial charge in [-0.05, 0) is 43.9 Å². The predicted octanol–water partition coefficient (Wildman–Crippen LogP) is 4.85. The molecule has 0 atom stereocenters. The molecule has 0 amide bonds. The van der Waals surface area contributed by atoms with E-state index in [1.165, 1.54) is 11.1 Å². The molecule has 1 aromatic heterocycles. The van der Waals surface area contributed by atoms with Crippen LogP contribution in [0.15, 0.2) is 46.0 Å². The number of aryl methyl sites for hydroxylation is 2. The lowest BCUT2D eigenvalue weighted by Gasteiger charge is -2.10. The summed E-state index contributed by atoms with van der Waals surface area (Å²) in [7, 11) is 0. The number of benzene rings is 1. The van der Waals surface area contributed by atoms with Gasteiger partial charge in [0.05, 0.1) is 12.8 Å². The Morgan fingerprint density at radius 2 is 2.10 bits per heavy atom. The Labute approximate surface area is 141 Å². The highest BCUT2D eigenvalue weighted by molar-refractivity contribution is 14.0. The summed E-state index contributed by atoms with van der Waals surface area (Å²) >= 11 is 1.60. The fraction of sp³-hybridized carbons (Fsp3) is 0.267. The maximum absolute atomic E-state index is 5.27. The third kappa shape index (κ3) is 4.86. The Kier molecular flexibility index (Phi) is 7.15. The van der Waals surface area contributed by atoms with E-state index in [9.17, 15) is 0 Å². The van der Waals surface area contributed by atoms with Crippen LogP contribution in [0.5, 0.6) is 0 Å². The van der Waals surface area contributed by atoms with Gasteiger partial charge in [0.2, 0.25) is 0 Å². The molecule has 0 aliphatic carbocycles. The zero-order chi connectivity index (χ0) is 13.7. The van der Waals surface area contributed by atoms with Crippen LogP contribution in [0, 0.1) is 13.8 Å². The SMILES string of the molecule is CSC(=NCc1ccco1)Nc1ccc(C)cc1C.I. The molecule has 0 radical (unpaired) electrons. The monoisotopic (exact) mass is 402 g/mol. The summed E-state index contributed by atoms with van der Waals surface area (Å²) in [5.74, 6) is 0.869. The summed E-state index contributed by atoms with van der Waals surface area (Å²) in [6.07, 6.45) is 3.68. The minimum Gasteiger partial charge on any atom is -0.467 e. The van der Waals surface area contributed by atoms with Crippen molar-refractivity contribution >= 4 is 46.6 Å². The van der Waals surface area contributed by atoms with Gasteiger partial charge in [0, 0.05) is 5.69 Å². The predicted molar refractivity (Wildman–Crippen MR) is 98.3 cm³/mol. The molecule has 0 saturated carbocycles. The number of rotatable bonds is 3. The summed E-state index contributed by atoms with van der Waals surface area (Å²) in [5, 5.41) is 4.25. The lowest BCUT2D eigenvalue weighted by molar-refractivity contribution is 0.513. The number of aliphatic imine (C=N–C) groups is 1. The average Bonchev–Trinajstić information content (AvgIpc) is 2.90. The van der Waals surface area contributed by atoms with E-state index in [1.54, 1.807) is 18.0 Å². The highest BCUT2D eigenvalue weighted by atomic mass is 127. The smallest absolute Gasteiger partial charge is 0.161 e. The van der Waals surface area contributed by atoms with Crippen molar-refractivity contribution in [1.82, 2.24) is 0 Å². The third-order valence-corrected chi connectivity index (χ3v) is 3.39. The number of hydrogen-bond acceptors (Lipinski definition) is 3. The largest absolute Gasteiger partial charge is 0.467 e. The fourth-order valence-electron chi connectivity index (χ4n) is 1.78. The first-order valence-corrected chi connectivity index (χ1v) is 7.36. The lowest BCUT2D eigenvalue weighted by atomic mass is 10.1. The standard InChI is InChI=1S/C15H18N2OS.HI/c1-11-6-7-14(12(2)9-11)17-15(19-3)16-10-13-5-4-8-18-13;/h4-9H,10H2,1-3H3,(H,16,17);1H. The second-order valence-electron chi connectivity index (χ2n) is 4.35. The summed E-state index contributed by atoms with van der Waals surface area (Å²) in [4.78, 5) is 4.52. The first-order valence-electron chi connectivity index (χ1n) is 6.14. The van der Waals surface area contributed by atoms with Crippen molar-refractivity contribution in [2.45, 2.75) is 20.4 Å². The maximum atomic E-state index is 5.27. The van der Waals surface area contributed by atoms with Crippen LogP contribution >= 0.6 is 35.7 Å². The van der Waals surface area contributed by atoms with E-state index in [-0.39, 0.29) is 24.0 Å². The quantitative estimate of drug-likeness (QED) is 0.453. The zero-order valence-corrected chi connectivity index (χ0v) is 15.0. The molecule has 0 saturated heterocycles. The van der Waals surface area contributed by atoms with E-state index in [1.807, 2.05) is 18.4 Å². The Morgan fingerprint density at radius 3 is 2.70 bits per heavy atom. The molecule has 0 aliphatic rings. The van der Waals surface area contributed by atoms with Crippen molar-refractivity contribution in [3.8, 4) is 0 Å². The number of nitrogens with zero attached hydrogens (tertiary/aromatic N) is 1. The van der Waals surface area contributed by atoms with E-state index in [0.717, 1.165) is 16.6 Å². The molecule has 5 heteroatoms. The van der Waals surface area contributed by atoms with Gasteiger partial charge in [0.25, 0.3) is 0 Å². The summed E-state index contributed by atoms with van der Waals surface area (Å²) in [6.45, 7) is 4.75. The lowest BCUT2D eigenvalue weighted by Crippen LogP contribution is -2.09. The first-order chi connectivity index (χ1) is 9.19. The van der Waals surface area contributed by atoms with Crippen LogP contribution in [0.2, 0.25) is 0 Å². The Bertz CT molecular complexity index is 567. The first kappa shape index (κ1) is 17.1. The molecule has 0 bridgehead atoms. The van der Waals surface area contributed by atoms with Crippen molar-refractivity contribution in [3.05, 3.63) is 53.5 Å². The highest BCUT2D eigenvalue weighted by Crippen LogP contribution is 2.18. The van der Waals surface area contributed by atoms with Gasteiger partial charge in [-0.15, -0.1) is 24.0 Å². The van der Waals surface area contributed by atoms with Crippen LogP contribution in [-0.2, 0) is 6.54 Å². The molecule has 2 aromatic rings. The number of amidine groups is 1. The number of furan rings is 1. The van der Waals surface area contributed by atoms with Gasteiger partial charge in [0.15, 0.2) is 5.17 Å². The van der Waals surface area contributed by atoms with E-state index in [4.69, 9.17) is 4.42 Å².